The van der Waals surface area contributed by atoms with Gasteiger partial charge in [-0.25, -0.2) is 0 Å². The van der Waals surface area contributed by atoms with Crippen LogP contribution >= 0.6 is 0 Å². The van der Waals surface area contributed by atoms with Gasteiger partial charge < -0.3 is 0 Å². The van der Waals surface area contributed by atoms with Gasteiger partial charge in [0.05, 0.1) is 0 Å². The molecule has 0 amide bonds. The molecule has 15 heavy (non-hydrogen) atoms. The number of hydrogen-bond acceptors (Lipinski definition) is 0. The number of rotatable bonds is 3. The summed E-state index contributed by atoms with van der Waals surface area (Å²) in [5.41, 5.74) is 2.79. The molecule has 0 aromatic rings. The molecule has 0 aliphatic rings. The lowest BCUT2D eigenvalue weighted by atomic mass is 10.1. The molecular formula is C15H30. The molecule has 0 rings (SSSR count). The molecule has 0 aliphatic heterocycles. The van der Waals surface area contributed by atoms with Crippen LogP contribution in [0, 0.1) is 0 Å². The van der Waals surface area contributed by atoms with Gasteiger partial charge in [-0.15, -0.1) is 0 Å². The number of hydrogen-bond donors (Lipinski definition) is 0. The molecule has 0 spiro atoms. The second kappa shape index (κ2) is 18.9. The molecule has 0 atom stereocenters. The smallest absolute Gasteiger partial charge is 0.0274 e. The van der Waals surface area contributed by atoms with Crippen LogP contribution in [0.25, 0.3) is 0 Å². The molecule has 0 radical (unpaired) electrons. The second-order valence-electron chi connectivity index (χ2n) is 2.59. The van der Waals surface area contributed by atoms with Crippen LogP contribution in [0.2, 0.25) is 0 Å². The third kappa shape index (κ3) is 13.2. The van der Waals surface area contributed by atoms with Gasteiger partial charge in [0.15, 0.2) is 0 Å². The maximum absolute atomic E-state index is 2.18. The lowest BCUT2D eigenvalue weighted by Crippen LogP contribution is -1.79. The second-order valence-corrected chi connectivity index (χ2v) is 2.59. The summed E-state index contributed by atoms with van der Waals surface area (Å²) in [5, 5.41) is 0. The zero-order valence-corrected chi connectivity index (χ0v) is 12.0. The number of allylic oxidation sites excluding steroid dienone is 6. The summed E-state index contributed by atoms with van der Waals surface area (Å²) in [4.78, 5) is 0. The molecule has 0 unspecified atom stereocenters. The van der Waals surface area contributed by atoms with E-state index in [1.807, 2.05) is 41.5 Å². The SMILES string of the molecule is C/C=C\C(/C=C\C)=C(C)CC.CC.CC. The zero-order chi connectivity index (χ0) is 12.7. The highest BCUT2D eigenvalue weighted by Gasteiger charge is 1.90. The first-order valence-corrected chi connectivity index (χ1v) is 6.21. The average molecular weight is 210 g/mol. The van der Waals surface area contributed by atoms with Crippen molar-refractivity contribution in [3.63, 3.8) is 0 Å². The molecule has 0 saturated carbocycles. The van der Waals surface area contributed by atoms with Gasteiger partial charge in [-0.1, -0.05) is 64.5 Å². The Bertz CT molecular complexity index is 166. The molecular weight excluding hydrogens is 180 g/mol. The molecule has 0 aliphatic carbocycles. The zero-order valence-electron chi connectivity index (χ0n) is 12.0. The van der Waals surface area contributed by atoms with Crippen molar-refractivity contribution < 1.29 is 0 Å². The first kappa shape index (κ1) is 19.7. The highest BCUT2D eigenvalue weighted by molar-refractivity contribution is 5.34. The third-order valence-corrected chi connectivity index (χ3v) is 1.72. The Hall–Kier alpha value is -0.780. The minimum absolute atomic E-state index is 1.13. The van der Waals surface area contributed by atoms with E-state index in [0.29, 0.717) is 0 Å². The van der Waals surface area contributed by atoms with E-state index in [4.69, 9.17) is 0 Å². The quantitative estimate of drug-likeness (QED) is 0.507. The van der Waals surface area contributed by atoms with E-state index in [-0.39, 0.29) is 0 Å². The maximum Gasteiger partial charge on any atom is -0.0274 e. The van der Waals surface area contributed by atoms with Gasteiger partial charge in [0.25, 0.3) is 0 Å². The van der Waals surface area contributed by atoms with Crippen molar-refractivity contribution in [2.75, 3.05) is 0 Å². The van der Waals surface area contributed by atoms with Crippen molar-refractivity contribution in [3.8, 4) is 0 Å². The van der Waals surface area contributed by atoms with Crippen LogP contribution in [0.3, 0.4) is 0 Å². The molecule has 0 aromatic carbocycles. The Morgan fingerprint density at radius 2 is 1.20 bits per heavy atom. The predicted molar refractivity (Wildman–Crippen MR) is 75.3 cm³/mol. The largest absolute Gasteiger partial charge is 0.0871 e. The molecule has 0 fully saturated rings. The van der Waals surface area contributed by atoms with Crippen LogP contribution in [-0.4, -0.2) is 0 Å². The summed E-state index contributed by atoms with van der Waals surface area (Å²) in [5.74, 6) is 0. The van der Waals surface area contributed by atoms with Crippen molar-refractivity contribution in [3.05, 3.63) is 35.5 Å². The van der Waals surface area contributed by atoms with Crippen molar-refractivity contribution in [1.82, 2.24) is 0 Å². The lowest BCUT2D eigenvalue weighted by molar-refractivity contribution is 1.08. The van der Waals surface area contributed by atoms with Crippen LogP contribution in [0.5, 0.6) is 0 Å². The fourth-order valence-corrected chi connectivity index (χ4v) is 0.903. The van der Waals surface area contributed by atoms with Gasteiger partial charge in [0.2, 0.25) is 0 Å². The van der Waals surface area contributed by atoms with E-state index < -0.39 is 0 Å². The normalized spacial score (nSPS) is 9.07. The van der Waals surface area contributed by atoms with Crippen molar-refractivity contribution in [2.24, 2.45) is 0 Å². The van der Waals surface area contributed by atoms with Crippen LogP contribution < -0.4 is 0 Å². The highest BCUT2D eigenvalue weighted by atomic mass is 14.0. The summed E-state index contributed by atoms with van der Waals surface area (Å²) < 4.78 is 0. The Morgan fingerprint density at radius 1 is 0.867 bits per heavy atom. The van der Waals surface area contributed by atoms with Gasteiger partial charge in [0.1, 0.15) is 0 Å². The molecule has 0 saturated heterocycles. The van der Waals surface area contributed by atoms with Crippen LogP contribution in [-0.2, 0) is 0 Å². The highest BCUT2D eigenvalue weighted by Crippen LogP contribution is 2.10. The van der Waals surface area contributed by atoms with Gasteiger partial charge in [-0.2, -0.15) is 0 Å². The minimum Gasteiger partial charge on any atom is -0.0871 e. The van der Waals surface area contributed by atoms with E-state index >= 15 is 0 Å². The summed E-state index contributed by atoms with van der Waals surface area (Å²) in [7, 11) is 0. The Balaban J connectivity index is -0.000000318. The fourth-order valence-electron chi connectivity index (χ4n) is 0.903. The first-order valence-electron chi connectivity index (χ1n) is 6.21. The average Bonchev–Trinajstić information content (AvgIpc) is 2.33. The predicted octanol–water partition coefficient (Wildman–Crippen LogP) is 5.92. The lowest BCUT2D eigenvalue weighted by Gasteiger charge is -1.99. The monoisotopic (exact) mass is 210 g/mol. The Morgan fingerprint density at radius 3 is 1.40 bits per heavy atom. The third-order valence-electron chi connectivity index (χ3n) is 1.72. The Labute approximate surface area is 97.8 Å². The molecule has 0 nitrogen and oxygen atoms in total. The minimum atomic E-state index is 1.13. The summed E-state index contributed by atoms with van der Waals surface area (Å²) in [6.45, 7) is 16.5. The Kier molecular flexibility index (Phi) is 24.9. The van der Waals surface area contributed by atoms with Crippen LogP contribution in [0.15, 0.2) is 35.5 Å². The molecule has 0 heterocycles. The summed E-state index contributed by atoms with van der Waals surface area (Å²) in [6.07, 6.45) is 9.59. The molecule has 0 aromatic heterocycles. The maximum atomic E-state index is 2.18. The first-order chi connectivity index (χ1) is 7.26. The standard InChI is InChI=1S/C11H18.2C2H6/c1-5-8-11(9-6-2)10(4)7-3;2*1-2/h5-6,8-9H,7H2,1-4H3;2*1-2H3/b8-5-,9-6-;;. The topological polar surface area (TPSA) is 0 Å². The molecule has 0 N–H and O–H groups in total. The van der Waals surface area contributed by atoms with Crippen LogP contribution in [0.1, 0.15) is 61.8 Å². The van der Waals surface area contributed by atoms with E-state index in [0.717, 1.165) is 6.42 Å². The van der Waals surface area contributed by atoms with E-state index in [1.165, 1.54) is 11.1 Å². The summed E-state index contributed by atoms with van der Waals surface area (Å²) >= 11 is 0. The van der Waals surface area contributed by atoms with Gasteiger partial charge >= 0.3 is 0 Å². The van der Waals surface area contributed by atoms with E-state index in [2.05, 4.69) is 38.2 Å². The van der Waals surface area contributed by atoms with Gasteiger partial charge in [0, 0.05) is 0 Å². The van der Waals surface area contributed by atoms with Crippen molar-refractivity contribution in [2.45, 2.75) is 61.8 Å². The van der Waals surface area contributed by atoms with Crippen molar-refractivity contribution in [1.29, 1.82) is 0 Å². The molecule has 90 valence electrons. The fraction of sp³-hybridized carbons (Fsp3) is 0.600. The van der Waals surface area contributed by atoms with E-state index in [1.54, 1.807) is 0 Å². The molecule has 0 heteroatoms. The van der Waals surface area contributed by atoms with Crippen LogP contribution in [0.4, 0.5) is 0 Å². The van der Waals surface area contributed by atoms with E-state index in [9.17, 15) is 0 Å². The van der Waals surface area contributed by atoms with Gasteiger partial charge in [-0.3, -0.25) is 0 Å². The summed E-state index contributed by atoms with van der Waals surface area (Å²) in [6, 6.07) is 0. The van der Waals surface area contributed by atoms with Crippen molar-refractivity contribution >= 4 is 0 Å². The van der Waals surface area contributed by atoms with Gasteiger partial charge in [-0.05, 0) is 32.8 Å². The molecule has 0 bridgehead atoms.